The minimum Gasteiger partial charge on any atom is -0.486 e. The number of thiazole rings is 1. The SMILES string of the molecule is CCOC(=O)Cn1c(=NC(=O)C2CCN(S(=O)(=O)c3ccc(Cl)s3)CC2)sc2cc3c(cc21)OCCO3. The van der Waals surface area contributed by atoms with Crippen LogP contribution in [0, 0.1) is 5.92 Å². The van der Waals surface area contributed by atoms with E-state index in [0.29, 0.717) is 52.2 Å². The molecule has 5 rings (SSSR count). The summed E-state index contributed by atoms with van der Waals surface area (Å²) in [6, 6.07) is 6.65. The van der Waals surface area contributed by atoms with Crippen LogP contribution in [0.5, 0.6) is 11.5 Å². The van der Waals surface area contributed by atoms with Crippen molar-refractivity contribution < 1.29 is 32.2 Å². The second kappa shape index (κ2) is 10.7. The average molecular weight is 586 g/mol. The highest BCUT2D eigenvalue weighted by Crippen LogP contribution is 2.36. The standard InChI is InChI=1S/C23H24ClN3O7S3/c1-2-32-20(28)13-27-15-11-16-17(34-10-9-33-16)12-18(15)35-23(27)25-22(29)14-5-7-26(8-6-14)37(30,31)21-4-3-19(24)36-21/h3-4,11-12,14H,2,5-10,13H2,1H3. The summed E-state index contributed by atoms with van der Waals surface area (Å²) in [4.78, 5) is 30.3. The summed E-state index contributed by atoms with van der Waals surface area (Å²) in [5.74, 6) is -0.0651. The molecule has 1 aromatic carbocycles. The number of thiophene rings is 1. The molecular formula is C23H24ClN3O7S3. The number of carbonyl (C=O) groups excluding carboxylic acids is 2. The van der Waals surface area contributed by atoms with E-state index in [1.165, 1.54) is 21.7 Å². The van der Waals surface area contributed by atoms with Gasteiger partial charge in [0.2, 0.25) is 0 Å². The number of amides is 1. The first-order valence-corrected chi connectivity index (χ1v) is 15.1. The minimum atomic E-state index is -3.65. The molecule has 37 heavy (non-hydrogen) atoms. The number of esters is 1. The fourth-order valence-corrected chi connectivity index (χ4v) is 8.42. The fourth-order valence-electron chi connectivity index (χ4n) is 4.27. The molecule has 0 unspecified atom stereocenters. The third-order valence-corrected chi connectivity index (χ3v) is 10.7. The van der Waals surface area contributed by atoms with Gasteiger partial charge in [-0.3, -0.25) is 9.59 Å². The van der Waals surface area contributed by atoms with E-state index in [0.717, 1.165) is 16.0 Å². The molecule has 1 amide bonds. The number of hydrogen-bond donors (Lipinski definition) is 0. The molecule has 10 nitrogen and oxygen atoms in total. The van der Waals surface area contributed by atoms with Gasteiger partial charge in [0.15, 0.2) is 16.3 Å². The number of benzene rings is 1. The Kier molecular flexibility index (Phi) is 7.59. The molecule has 0 bridgehead atoms. The molecule has 0 radical (unpaired) electrons. The molecule has 0 spiro atoms. The molecule has 1 saturated heterocycles. The van der Waals surface area contributed by atoms with Crippen molar-refractivity contribution in [3.05, 3.63) is 33.4 Å². The monoisotopic (exact) mass is 585 g/mol. The number of carbonyl (C=O) groups is 2. The number of halogens is 1. The van der Waals surface area contributed by atoms with Gasteiger partial charge in [0.05, 0.1) is 21.2 Å². The number of piperidine rings is 1. The zero-order valence-corrected chi connectivity index (χ0v) is 23.1. The lowest BCUT2D eigenvalue weighted by Crippen LogP contribution is -2.40. The topological polar surface area (TPSA) is 116 Å². The molecule has 2 aliphatic rings. The predicted molar refractivity (Wildman–Crippen MR) is 139 cm³/mol. The van der Waals surface area contributed by atoms with Crippen LogP contribution in [-0.4, -0.2) is 62.1 Å². The smallest absolute Gasteiger partial charge is 0.326 e. The van der Waals surface area contributed by atoms with Gasteiger partial charge in [-0.25, -0.2) is 8.42 Å². The first-order valence-electron chi connectivity index (χ1n) is 11.7. The van der Waals surface area contributed by atoms with Crippen LogP contribution >= 0.6 is 34.3 Å². The van der Waals surface area contributed by atoms with E-state index in [1.54, 1.807) is 23.6 Å². The van der Waals surface area contributed by atoms with Gasteiger partial charge in [0.25, 0.3) is 15.9 Å². The molecule has 0 N–H and O–H groups in total. The third kappa shape index (κ3) is 5.41. The highest BCUT2D eigenvalue weighted by Gasteiger charge is 2.33. The highest BCUT2D eigenvalue weighted by molar-refractivity contribution is 7.91. The maximum Gasteiger partial charge on any atom is 0.326 e. The van der Waals surface area contributed by atoms with Crippen LogP contribution in [0.2, 0.25) is 4.34 Å². The summed E-state index contributed by atoms with van der Waals surface area (Å²) in [6.07, 6.45) is 0.693. The number of fused-ring (bicyclic) bond motifs is 2. The number of nitrogens with zero attached hydrogens (tertiary/aromatic N) is 3. The molecule has 14 heteroatoms. The highest BCUT2D eigenvalue weighted by atomic mass is 35.5. The van der Waals surface area contributed by atoms with Crippen LogP contribution in [0.4, 0.5) is 0 Å². The van der Waals surface area contributed by atoms with Crippen molar-refractivity contribution in [2.45, 2.75) is 30.5 Å². The lowest BCUT2D eigenvalue weighted by Gasteiger charge is -2.29. The van der Waals surface area contributed by atoms with Crippen molar-refractivity contribution in [2.24, 2.45) is 10.9 Å². The van der Waals surface area contributed by atoms with Crippen LogP contribution in [0.1, 0.15) is 19.8 Å². The first kappa shape index (κ1) is 26.2. The van der Waals surface area contributed by atoms with Gasteiger partial charge in [-0.1, -0.05) is 22.9 Å². The molecule has 1 fully saturated rings. The summed E-state index contributed by atoms with van der Waals surface area (Å²) < 4.78 is 46.7. The summed E-state index contributed by atoms with van der Waals surface area (Å²) in [5, 5.41) is 0. The van der Waals surface area contributed by atoms with Crippen molar-refractivity contribution in [3.8, 4) is 11.5 Å². The summed E-state index contributed by atoms with van der Waals surface area (Å²) in [5.41, 5.74) is 0.685. The summed E-state index contributed by atoms with van der Waals surface area (Å²) >= 11 is 8.19. The second-order valence-corrected chi connectivity index (χ2v) is 13.3. The molecular weight excluding hydrogens is 562 g/mol. The quantitative estimate of drug-likeness (QED) is 0.408. The normalized spacial score (nSPS) is 17.3. The average Bonchev–Trinajstić information content (AvgIpc) is 3.46. The molecule has 4 heterocycles. The Morgan fingerprint density at radius 3 is 2.49 bits per heavy atom. The molecule has 2 aromatic heterocycles. The Morgan fingerprint density at radius 1 is 1.14 bits per heavy atom. The number of sulfonamides is 1. The van der Waals surface area contributed by atoms with Crippen LogP contribution in [0.15, 0.2) is 33.5 Å². The van der Waals surface area contributed by atoms with Gasteiger partial charge in [-0.2, -0.15) is 9.30 Å². The van der Waals surface area contributed by atoms with E-state index in [1.807, 2.05) is 6.07 Å². The molecule has 2 aliphatic heterocycles. The minimum absolute atomic E-state index is 0.111. The van der Waals surface area contributed by atoms with Crippen molar-refractivity contribution in [1.82, 2.24) is 8.87 Å². The maximum absolute atomic E-state index is 13.2. The second-order valence-electron chi connectivity index (χ2n) is 8.43. The third-order valence-electron chi connectivity index (χ3n) is 6.09. The van der Waals surface area contributed by atoms with Crippen molar-refractivity contribution in [2.75, 3.05) is 32.9 Å². The number of hydrogen-bond acceptors (Lipinski definition) is 9. The van der Waals surface area contributed by atoms with E-state index < -0.39 is 21.9 Å². The van der Waals surface area contributed by atoms with E-state index in [4.69, 9.17) is 25.8 Å². The van der Waals surface area contributed by atoms with E-state index in [2.05, 4.69) is 4.99 Å². The Labute approximate surface area is 226 Å². The van der Waals surface area contributed by atoms with Gasteiger partial charge in [0, 0.05) is 31.1 Å². The van der Waals surface area contributed by atoms with Gasteiger partial charge in [-0.15, -0.1) is 11.3 Å². The van der Waals surface area contributed by atoms with Crippen molar-refractivity contribution in [1.29, 1.82) is 0 Å². The molecule has 198 valence electrons. The van der Waals surface area contributed by atoms with Gasteiger partial charge in [0.1, 0.15) is 24.0 Å². The van der Waals surface area contributed by atoms with Gasteiger partial charge < -0.3 is 18.8 Å². The zero-order valence-electron chi connectivity index (χ0n) is 19.8. The fraction of sp³-hybridized carbons (Fsp3) is 0.435. The van der Waals surface area contributed by atoms with E-state index in [-0.39, 0.29) is 36.4 Å². The number of rotatable bonds is 6. The van der Waals surface area contributed by atoms with Crippen LogP contribution in [0.25, 0.3) is 10.2 Å². The lowest BCUT2D eigenvalue weighted by molar-refractivity contribution is -0.143. The lowest BCUT2D eigenvalue weighted by atomic mass is 9.98. The molecule has 0 atom stereocenters. The Bertz CT molecular complexity index is 1520. The van der Waals surface area contributed by atoms with Crippen LogP contribution in [-0.2, 0) is 30.9 Å². The zero-order chi connectivity index (χ0) is 26.2. The Balaban J connectivity index is 1.40. The Morgan fingerprint density at radius 2 is 1.84 bits per heavy atom. The largest absolute Gasteiger partial charge is 0.486 e. The van der Waals surface area contributed by atoms with Gasteiger partial charge >= 0.3 is 5.97 Å². The predicted octanol–water partition coefficient (Wildman–Crippen LogP) is 3.28. The molecule has 0 aliphatic carbocycles. The first-order chi connectivity index (χ1) is 17.8. The van der Waals surface area contributed by atoms with Crippen LogP contribution in [0.3, 0.4) is 0 Å². The van der Waals surface area contributed by atoms with Crippen LogP contribution < -0.4 is 14.3 Å². The number of aromatic nitrogens is 1. The van der Waals surface area contributed by atoms with E-state index >= 15 is 0 Å². The molecule has 3 aromatic rings. The molecule has 0 saturated carbocycles. The number of ether oxygens (including phenoxy) is 3. The van der Waals surface area contributed by atoms with Crippen molar-refractivity contribution in [3.63, 3.8) is 0 Å². The van der Waals surface area contributed by atoms with E-state index in [9.17, 15) is 18.0 Å². The van der Waals surface area contributed by atoms with Gasteiger partial charge in [-0.05, 0) is 31.9 Å². The summed E-state index contributed by atoms with van der Waals surface area (Å²) in [7, 11) is -3.65. The summed E-state index contributed by atoms with van der Waals surface area (Å²) in [6.45, 7) is 3.13. The Hall–Kier alpha value is -2.45. The van der Waals surface area contributed by atoms with Crippen molar-refractivity contribution >= 4 is 66.4 Å². The maximum atomic E-state index is 13.2.